The zero-order valence-corrected chi connectivity index (χ0v) is 4.31. The highest BCUT2D eigenvalue weighted by molar-refractivity contribution is 4.87. The lowest BCUT2D eigenvalue weighted by Gasteiger charge is -2.00. The molecule has 0 bridgehead atoms. The molecule has 0 aromatic carbocycles. The Morgan fingerprint density at radius 2 is 2.29 bits per heavy atom. The Balaban J connectivity index is 2.04. The third-order valence-corrected chi connectivity index (χ3v) is 1.74. The summed E-state index contributed by atoms with van der Waals surface area (Å²) in [6.07, 6.45) is 4.47. The van der Waals surface area contributed by atoms with Gasteiger partial charge in [-0.15, -0.1) is 0 Å². The monoisotopic (exact) mass is 99.1 g/mol. The Labute approximate surface area is 45.1 Å². The van der Waals surface area contributed by atoms with Gasteiger partial charge >= 0.3 is 0 Å². The Hall–Kier alpha value is -0.0400. The molecule has 1 saturated heterocycles. The molecule has 1 aliphatic carbocycles. The van der Waals surface area contributed by atoms with Crippen LogP contribution in [0.1, 0.15) is 27.1 Å². The Morgan fingerprint density at radius 1 is 1.43 bits per heavy atom. The second-order valence-electron chi connectivity index (χ2n) is 2.32. The quantitative estimate of drug-likeness (QED) is 0.417. The summed E-state index contributed by atoms with van der Waals surface area (Å²) in [5.41, 5.74) is 0. The van der Waals surface area contributed by atoms with E-state index in [0.717, 1.165) is 12.8 Å². The van der Waals surface area contributed by atoms with Crippen molar-refractivity contribution >= 4 is 0 Å². The molecule has 7 heavy (non-hydrogen) atoms. The molecular weight excluding hydrogens is 88.1 g/mol. The van der Waals surface area contributed by atoms with Gasteiger partial charge in [-0.1, -0.05) is 12.8 Å². The Morgan fingerprint density at radius 3 is 2.86 bits per heavy atom. The van der Waals surface area contributed by atoms with Crippen molar-refractivity contribution < 1.29 is 6.11 Å². The molecule has 1 heteroatoms. The van der Waals surface area contributed by atoms with Crippen LogP contribution in [0.2, 0.25) is 0 Å². The van der Waals surface area contributed by atoms with Gasteiger partial charge in [-0.2, -0.15) is 0 Å². The van der Waals surface area contributed by atoms with E-state index in [1.165, 1.54) is 12.8 Å². The van der Waals surface area contributed by atoms with Crippen LogP contribution >= 0.6 is 0 Å². The Kier molecular flexibility index (Phi) is 0.537. The number of rotatable bonds is 0. The van der Waals surface area contributed by atoms with Gasteiger partial charge in [0.25, 0.3) is 0 Å². The van der Waals surface area contributed by atoms with Crippen molar-refractivity contribution in [2.75, 3.05) is 0 Å². The van der Waals surface area contributed by atoms with Crippen molar-refractivity contribution in [2.45, 2.75) is 37.9 Å². The van der Waals surface area contributed by atoms with Crippen LogP contribution in [0.25, 0.3) is 0 Å². The molecule has 40 valence electrons. The highest BCUT2D eigenvalue weighted by Crippen LogP contribution is 2.35. The van der Waals surface area contributed by atoms with E-state index >= 15 is 0 Å². The number of fused-ring (bicyclic) bond motifs is 1. The molecule has 0 amide bonds. The van der Waals surface area contributed by atoms with Gasteiger partial charge in [-0.25, -0.2) is 0 Å². The molecule has 0 spiro atoms. The van der Waals surface area contributed by atoms with Crippen molar-refractivity contribution in [3.63, 3.8) is 0 Å². The minimum Gasteiger partial charge on any atom is -0.370 e. The minimum absolute atomic E-state index is 0.316. The highest BCUT2D eigenvalue weighted by atomic mass is 16.6. The highest BCUT2D eigenvalue weighted by Gasteiger charge is 2.39. The smallest absolute Gasteiger partial charge is 0.0841 e. The summed E-state index contributed by atoms with van der Waals surface area (Å²) in [7, 11) is 0. The maximum atomic E-state index is 7.48. The fraction of sp³-hybridized carbons (Fsp3) is 1.00. The van der Waals surface area contributed by atoms with Gasteiger partial charge in [0.05, 0.1) is 13.6 Å². The summed E-state index contributed by atoms with van der Waals surface area (Å²) in [5.74, 6) is 0. The lowest BCUT2D eigenvalue weighted by molar-refractivity contribution is 0.373. The maximum Gasteiger partial charge on any atom is 0.0841 e. The lowest BCUT2D eigenvalue weighted by Crippen LogP contribution is -2.00. The van der Waals surface area contributed by atoms with Crippen LogP contribution in [0.15, 0.2) is 0 Å². The average molecular weight is 99.2 g/mol. The van der Waals surface area contributed by atoms with Gasteiger partial charge in [0.15, 0.2) is 0 Å². The van der Waals surface area contributed by atoms with Crippen LogP contribution in [0.5, 0.6) is 0 Å². The molecule has 2 unspecified atom stereocenters. The summed E-state index contributed by atoms with van der Waals surface area (Å²) < 4.78 is 12.6. The van der Waals surface area contributed by atoms with E-state index in [1.54, 1.807) is 0 Å². The molecule has 2 rings (SSSR count). The molecule has 0 aromatic rings. The van der Waals surface area contributed by atoms with E-state index in [4.69, 9.17) is 6.11 Å². The fourth-order valence-electron chi connectivity index (χ4n) is 1.22. The number of epoxide rings is 1. The van der Waals surface area contributed by atoms with Gasteiger partial charge in [-0.05, 0) is 12.8 Å². The molecule has 2 atom stereocenters. The normalized spacial score (nSPS) is 60.6. The van der Waals surface area contributed by atoms with Gasteiger partial charge in [0.1, 0.15) is 0 Å². The molecule has 1 heterocycles. The van der Waals surface area contributed by atoms with E-state index in [1.807, 2.05) is 0 Å². The van der Waals surface area contributed by atoms with E-state index in [0.29, 0.717) is 6.10 Å². The van der Waals surface area contributed by atoms with Gasteiger partial charge in [0.2, 0.25) is 0 Å². The molecule has 2 aliphatic rings. The van der Waals surface area contributed by atoms with Crippen LogP contribution in [0, 0.1) is 0 Å². The van der Waals surface area contributed by atoms with Crippen LogP contribution in [-0.2, 0) is 4.74 Å². The Bertz CT molecular complexity index is 113. The first-order valence-electron chi connectivity index (χ1n) is 3.49. The SMILES string of the molecule is [2H]C12CCCCC1O2. The predicted molar refractivity (Wildman–Crippen MR) is 27.1 cm³/mol. The van der Waals surface area contributed by atoms with Crippen molar-refractivity contribution in [3.8, 4) is 0 Å². The maximum absolute atomic E-state index is 7.48. The molecule has 0 N–H and O–H groups in total. The largest absolute Gasteiger partial charge is 0.370 e. The minimum atomic E-state index is -0.405. The number of hydrogen-bond donors (Lipinski definition) is 0. The fourth-order valence-corrected chi connectivity index (χ4v) is 1.22. The van der Waals surface area contributed by atoms with Crippen molar-refractivity contribution in [3.05, 3.63) is 0 Å². The van der Waals surface area contributed by atoms with Crippen LogP contribution in [0.3, 0.4) is 0 Å². The summed E-state index contributed by atoms with van der Waals surface area (Å²) >= 11 is 0. The number of ether oxygens (including phenoxy) is 1. The number of hydrogen-bond acceptors (Lipinski definition) is 1. The summed E-state index contributed by atoms with van der Waals surface area (Å²) in [4.78, 5) is 0. The second-order valence-corrected chi connectivity index (χ2v) is 2.32. The van der Waals surface area contributed by atoms with Crippen LogP contribution < -0.4 is 0 Å². The third kappa shape index (κ3) is 0.556. The van der Waals surface area contributed by atoms with E-state index in [-0.39, 0.29) is 0 Å². The third-order valence-electron chi connectivity index (χ3n) is 1.74. The van der Waals surface area contributed by atoms with Gasteiger partial charge < -0.3 is 4.74 Å². The van der Waals surface area contributed by atoms with Crippen molar-refractivity contribution in [1.29, 1.82) is 0 Å². The van der Waals surface area contributed by atoms with Crippen molar-refractivity contribution in [2.24, 2.45) is 0 Å². The second kappa shape index (κ2) is 1.22. The first-order chi connectivity index (χ1) is 3.81. The summed E-state index contributed by atoms with van der Waals surface area (Å²) in [6, 6.07) is 0. The van der Waals surface area contributed by atoms with E-state index in [9.17, 15) is 0 Å². The van der Waals surface area contributed by atoms with Crippen LogP contribution in [-0.4, -0.2) is 12.2 Å². The topological polar surface area (TPSA) is 12.5 Å². The summed E-state index contributed by atoms with van der Waals surface area (Å²) in [5, 5.41) is 0. The standard InChI is InChI=1S/C6H10O/c1-2-4-6-5(3-1)7-6/h5-6H,1-4H2/i5D. The first-order valence-corrected chi connectivity index (χ1v) is 2.99. The van der Waals surface area contributed by atoms with Gasteiger partial charge in [-0.3, -0.25) is 0 Å². The van der Waals surface area contributed by atoms with E-state index in [2.05, 4.69) is 0 Å². The molecule has 0 radical (unpaired) electrons. The first kappa shape index (κ1) is 3.08. The van der Waals surface area contributed by atoms with Crippen LogP contribution in [0.4, 0.5) is 0 Å². The molecular formula is C6H10O. The molecule has 0 aromatic heterocycles. The molecule has 1 aliphatic heterocycles. The van der Waals surface area contributed by atoms with Crippen molar-refractivity contribution in [1.82, 2.24) is 0 Å². The molecule has 1 nitrogen and oxygen atoms in total. The summed E-state index contributed by atoms with van der Waals surface area (Å²) in [6.45, 7) is 0. The molecule has 2 fully saturated rings. The zero-order valence-electron chi connectivity index (χ0n) is 5.31. The lowest BCUT2D eigenvalue weighted by atomic mass is 10.0. The predicted octanol–water partition coefficient (Wildman–Crippen LogP) is 1.33. The zero-order chi connectivity index (χ0) is 5.61. The average Bonchev–Trinajstić information content (AvgIpc) is 2.39. The van der Waals surface area contributed by atoms with E-state index < -0.39 is 6.08 Å². The van der Waals surface area contributed by atoms with Gasteiger partial charge in [0, 0.05) is 0 Å². The molecule has 1 saturated carbocycles.